The van der Waals surface area contributed by atoms with Crippen LogP contribution >= 0.6 is 7.75 Å². The number of carbonyl (C=O) groups is 1. The minimum absolute atomic E-state index is 0.0300. The van der Waals surface area contributed by atoms with Crippen LogP contribution in [0.1, 0.15) is 39.2 Å². The van der Waals surface area contributed by atoms with Crippen molar-refractivity contribution in [3.8, 4) is 12.3 Å². The van der Waals surface area contributed by atoms with E-state index >= 15 is 0 Å². The lowest BCUT2D eigenvalue weighted by molar-refractivity contribution is -0.149. The van der Waals surface area contributed by atoms with Gasteiger partial charge in [-0.15, -0.1) is 6.42 Å². The lowest BCUT2D eigenvalue weighted by Crippen LogP contribution is -2.43. The zero-order chi connectivity index (χ0) is 24.6. The van der Waals surface area contributed by atoms with Crippen LogP contribution in [0.15, 0.2) is 6.33 Å². The smallest absolute Gasteiger partial charge is 0.403 e. The molecule has 14 heteroatoms. The Balaban J connectivity index is 1.74. The molecule has 3 heterocycles. The summed E-state index contributed by atoms with van der Waals surface area (Å²) in [7, 11) is -4.51. The lowest BCUT2D eigenvalue weighted by Gasteiger charge is -2.28. The van der Waals surface area contributed by atoms with Crippen LogP contribution in [0.25, 0.3) is 11.2 Å². The SMILES string of the molecule is C#C[C@]1(COP(=O)(O)N[C@@H](C)C(=O)OC(C)C)O[C@@H](n2cnc3c(N)nc(C)nc32)C[C@@H]1O. The van der Waals surface area contributed by atoms with Gasteiger partial charge in [-0.2, -0.15) is 0 Å². The summed E-state index contributed by atoms with van der Waals surface area (Å²) in [5.74, 6) is 2.21. The maximum atomic E-state index is 12.5. The van der Waals surface area contributed by atoms with Crippen molar-refractivity contribution in [3.05, 3.63) is 12.2 Å². The van der Waals surface area contributed by atoms with Crippen molar-refractivity contribution in [1.29, 1.82) is 0 Å². The molecule has 2 aromatic heterocycles. The Morgan fingerprint density at radius 1 is 1.52 bits per heavy atom. The molecule has 0 radical (unpaired) electrons. The molecule has 0 aliphatic carbocycles. The number of ether oxygens (including phenoxy) is 2. The number of aryl methyl sites for hydroxylation is 1. The molecule has 2 aromatic rings. The molecule has 0 bridgehead atoms. The molecule has 3 rings (SSSR count). The van der Waals surface area contributed by atoms with Gasteiger partial charge < -0.3 is 25.2 Å². The topological polar surface area (TPSA) is 184 Å². The van der Waals surface area contributed by atoms with E-state index in [1.54, 1.807) is 25.3 Å². The third-order valence-corrected chi connectivity index (χ3v) is 6.13. The van der Waals surface area contributed by atoms with Gasteiger partial charge in [0.2, 0.25) is 0 Å². The standard InChI is InChI=1S/C19H27N6O7P/c1-6-19(8-30-33(28,29)24-11(4)18(27)31-10(2)3)13(26)7-14(32-19)25-9-21-15-16(20)22-12(5)23-17(15)25/h1,9-11,13-14,26H,7-8H2,2-5H3,(H2,20,22,23)(H2,24,28,29)/t11-,13-,14+,19+/m0/s1. The maximum Gasteiger partial charge on any atom is 0.403 e. The third-order valence-electron chi connectivity index (χ3n) is 4.94. The summed E-state index contributed by atoms with van der Waals surface area (Å²) in [6.45, 7) is 5.69. The molecular weight excluding hydrogens is 455 g/mol. The van der Waals surface area contributed by atoms with E-state index in [1.807, 2.05) is 0 Å². The predicted molar refractivity (Wildman–Crippen MR) is 116 cm³/mol. The summed E-state index contributed by atoms with van der Waals surface area (Å²) in [4.78, 5) is 34.6. The number of nitrogens with zero attached hydrogens (tertiary/aromatic N) is 4. The molecule has 1 saturated heterocycles. The number of carbonyl (C=O) groups excluding carboxylic acids is 1. The largest absolute Gasteiger partial charge is 0.462 e. The van der Waals surface area contributed by atoms with Crippen molar-refractivity contribution in [2.24, 2.45) is 0 Å². The highest BCUT2D eigenvalue weighted by Crippen LogP contribution is 2.43. The summed E-state index contributed by atoms with van der Waals surface area (Å²) < 4.78 is 30.0. The van der Waals surface area contributed by atoms with E-state index in [0.29, 0.717) is 17.0 Å². The molecule has 0 spiro atoms. The fourth-order valence-electron chi connectivity index (χ4n) is 3.34. The average Bonchev–Trinajstić information content (AvgIpc) is 3.27. The summed E-state index contributed by atoms with van der Waals surface area (Å²) in [5, 5.41) is 12.8. The van der Waals surface area contributed by atoms with Crippen LogP contribution in [-0.2, 0) is 23.4 Å². The van der Waals surface area contributed by atoms with Gasteiger partial charge in [0.25, 0.3) is 0 Å². The van der Waals surface area contributed by atoms with Crippen LogP contribution in [0.3, 0.4) is 0 Å². The van der Waals surface area contributed by atoms with Crippen molar-refractivity contribution in [1.82, 2.24) is 24.6 Å². The zero-order valence-electron chi connectivity index (χ0n) is 18.6. The van der Waals surface area contributed by atoms with Gasteiger partial charge in [0.1, 0.15) is 36.3 Å². The quantitative estimate of drug-likeness (QED) is 0.231. The Bertz CT molecular complexity index is 1130. The highest BCUT2D eigenvalue weighted by Gasteiger charge is 2.49. The normalized spacial score (nSPS) is 25.6. The monoisotopic (exact) mass is 482 g/mol. The Morgan fingerprint density at radius 3 is 2.85 bits per heavy atom. The molecule has 0 aromatic carbocycles. The number of nitrogens with two attached hydrogens (primary N) is 1. The van der Waals surface area contributed by atoms with Gasteiger partial charge in [0.05, 0.1) is 12.4 Å². The molecule has 0 amide bonds. The number of anilines is 1. The first-order valence-electron chi connectivity index (χ1n) is 10.1. The number of nitrogens with one attached hydrogen (secondary N) is 1. The first-order chi connectivity index (χ1) is 15.4. The summed E-state index contributed by atoms with van der Waals surface area (Å²) in [6, 6.07) is -1.13. The molecular formula is C19H27N6O7P. The lowest BCUT2D eigenvalue weighted by atomic mass is 9.99. The van der Waals surface area contributed by atoms with Gasteiger partial charge in [0, 0.05) is 6.42 Å². The second-order valence-electron chi connectivity index (χ2n) is 7.97. The van der Waals surface area contributed by atoms with Gasteiger partial charge in [0.15, 0.2) is 17.1 Å². The fraction of sp³-hybridized carbons (Fsp3) is 0.579. The number of hydrogen-bond acceptors (Lipinski definition) is 10. The Labute approximate surface area is 190 Å². The number of fused-ring (bicyclic) bond motifs is 1. The molecule has 1 aliphatic heterocycles. The van der Waals surface area contributed by atoms with Crippen molar-refractivity contribution in [2.75, 3.05) is 12.3 Å². The Kier molecular flexibility index (Phi) is 7.09. The molecule has 180 valence electrons. The highest BCUT2D eigenvalue weighted by molar-refractivity contribution is 7.50. The van der Waals surface area contributed by atoms with E-state index in [0.717, 1.165) is 0 Å². The van der Waals surface area contributed by atoms with E-state index in [9.17, 15) is 19.4 Å². The average molecular weight is 482 g/mol. The first kappa shape index (κ1) is 25.0. The van der Waals surface area contributed by atoms with E-state index in [4.69, 9.17) is 26.2 Å². The molecule has 1 fully saturated rings. The minimum Gasteiger partial charge on any atom is -0.462 e. The van der Waals surface area contributed by atoms with Crippen molar-refractivity contribution in [2.45, 2.75) is 64.2 Å². The zero-order valence-corrected chi connectivity index (χ0v) is 19.5. The van der Waals surface area contributed by atoms with Gasteiger partial charge in [-0.1, -0.05) is 5.92 Å². The molecule has 5 atom stereocenters. The summed E-state index contributed by atoms with van der Waals surface area (Å²) in [5.41, 5.74) is 4.90. The van der Waals surface area contributed by atoms with E-state index in [2.05, 4.69) is 26.0 Å². The molecule has 1 aliphatic rings. The van der Waals surface area contributed by atoms with Crippen LogP contribution in [0.4, 0.5) is 5.82 Å². The molecule has 1 unspecified atom stereocenters. The van der Waals surface area contributed by atoms with Crippen LogP contribution in [-0.4, -0.2) is 65.9 Å². The van der Waals surface area contributed by atoms with Crippen LogP contribution in [0, 0.1) is 19.3 Å². The minimum atomic E-state index is -4.51. The molecule has 0 saturated carbocycles. The van der Waals surface area contributed by atoms with E-state index < -0.39 is 50.4 Å². The van der Waals surface area contributed by atoms with Crippen molar-refractivity contribution < 1.29 is 33.4 Å². The fourth-order valence-corrected chi connectivity index (χ4v) is 4.37. The van der Waals surface area contributed by atoms with Gasteiger partial charge in [-0.3, -0.25) is 13.9 Å². The maximum absolute atomic E-state index is 12.5. The number of aliphatic hydroxyl groups is 1. The molecule has 33 heavy (non-hydrogen) atoms. The number of rotatable bonds is 8. The number of imidazole rings is 1. The first-order valence-corrected chi connectivity index (χ1v) is 11.7. The number of hydrogen-bond donors (Lipinski definition) is 4. The van der Waals surface area contributed by atoms with E-state index in [-0.39, 0.29) is 12.2 Å². The number of terminal acetylenes is 1. The van der Waals surface area contributed by atoms with Crippen LogP contribution in [0.5, 0.6) is 0 Å². The second kappa shape index (κ2) is 9.34. The molecule has 13 nitrogen and oxygen atoms in total. The van der Waals surface area contributed by atoms with Gasteiger partial charge >= 0.3 is 13.7 Å². The summed E-state index contributed by atoms with van der Waals surface area (Å²) in [6.07, 6.45) is 4.64. The predicted octanol–water partition coefficient (Wildman–Crippen LogP) is 0.415. The van der Waals surface area contributed by atoms with E-state index in [1.165, 1.54) is 13.3 Å². The number of esters is 1. The Morgan fingerprint density at radius 2 is 2.21 bits per heavy atom. The Hall–Kier alpha value is -2.59. The highest BCUT2D eigenvalue weighted by atomic mass is 31.2. The van der Waals surface area contributed by atoms with Crippen molar-refractivity contribution >= 4 is 30.7 Å². The number of aromatic nitrogens is 4. The van der Waals surface area contributed by atoms with Gasteiger partial charge in [-0.05, 0) is 27.7 Å². The summed E-state index contributed by atoms with van der Waals surface area (Å²) >= 11 is 0. The third kappa shape index (κ3) is 5.33. The van der Waals surface area contributed by atoms with Gasteiger partial charge in [-0.25, -0.2) is 24.6 Å². The van der Waals surface area contributed by atoms with Crippen LogP contribution < -0.4 is 10.8 Å². The van der Waals surface area contributed by atoms with Crippen molar-refractivity contribution in [3.63, 3.8) is 0 Å². The van der Waals surface area contributed by atoms with Crippen LogP contribution in [0.2, 0.25) is 0 Å². The molecule has 5 N–H and O–H groups in total. The number of aliphatic hydroxyl groups excluding tert-OH is 1. The second-order valence-corrected chi connectivity index (χ2v) is 9.53. The number of nitrogen functional groups attached to an aromatic ring is 1.